The third-order valence-corrected chi connectivity index (χ3v) is 3.65. The number of benzene rings is 1. The van der Waals surface area contributed by atoms with E-state index < -0.39 is 5.91 Å². The number of carbonyl (C=O) groups excluding carboxylic acids is 2. The van der Waals surface area contributed by atoms with E-state index in [0.29, 0.717) is 22.0 Å². The third-order valence-electron chi connectivity index (χ3n) is 3.25. The first kappa shape index (κ1) is 14.3. The molecule has 0 radical (unpaired) electrons. The van der Waals surface area contributed by atoms with E-state index in [2.05, 4.69) is 0 Å². The number of ketones is 1. The molecule has 0 atom stereocenters. The number of nitrogens with zero attached hydrogens (tertiary/aromatic N) is 1. The number of aryl methyl sites for hydroxylation is 1. The molecular weight excluding hydrogens is 276 g/mol. The van der Waals surface area contributed by atoms with E-state index in [9.17, 15) is 9.59 Å². The minimum atomic E-state index is -0.427. The summed E-state index contributed by atoms with van der Waals surface area (Å²) >= 11 is 6.04. The zero-order valence-electron chi connectivity index (χ0n) is 11.3. The van der Waals surface area contributed by atoms with Crippen LogP contribution < -0.4 is 5.73 Å². The zero-order chi connectivity index (χ0) is 14.9. The summed E-state index contributed by atoms with van der Waals surface area (Å²) < 4.78 is 1.68. The van der Waals surface area contributed by atoms with Gasteiger partial charge in [-0.3, -0.25) is 9.59 Å². The molecule has 0 aliphatic heterocycles. The van der Waals surface area contributed by atoms with Crippen molar-refractivity contribution in [2.75, 3.05) is 0 Å². The molecule has 2 aromatic rings. The summed E-state index contributed by atoms with van der Waals surface area (Å²) in [6.45, 7) is 1.88. The largest absolute Gasteiger partial charge is 0.369 e. The number of amides is 1. The van der Waals surface area contributed by atoms with Gasteiger partial charge in [-0.1, -0.05) is 23.7 Å². The van der Waals surface area contributed by atoms with Crippen LogP contribution >= 0.6 is 11.6 Å². The second-order valence-electron chi connectivity index (χ2n) is 4.71. The van der Waals surface area contributed by atoms with E-state index in [1.165, 1.54) is 0 Å². The molecule has 0 spiro atoms. The molecule has 104 valence electrons. The van der Waals surface area contributed by atoms with Gasteiger partial charge in [0.05, 0.1) is 12.1 Å². The summed E-state index contributed by atoms with van der Waals surface area (Å²) in [7, 11) is 1.74. The van der Waals surface area contributed by atoms with Gasteiger partial charge in [-0.15, -0.1) is 0 Å². The molecule has 0 saturated carbocycles. The van der Waals surface area contributed by atoms with Gasteiger partial charge in [0.2, 0.25) is 11.7 Å². The van der Waals surface area contributed by atoms with E-state index in [1.807, 2.05) is 13.0 Å². The minimum Gasteiger partial charge on any atom is -0.369 e. The summed E-state index contributed by atoms with van der Waals surface area (Å²) in [6.07, 6.45) is 0.110. The van der Waals surface area contributed by atoms with Crippen LogP contribution in [0.2, 0.25) is 5.02 Å². The van der Waals surface area contributed by atoms with E-state index in [4.69, 9.17) is 17.3 Å². The van der Waals surface area contributed by atoms with E-state index in [-0.39, 0.29) is 12.2 Å². The molecule has 0 bridgehead atoms. The average Bonchev–Trinajstić information content (AvgIpc) is 2.73. The number of nitrogens with two attached hydrogens (primary N) is 1. The van der Waals surface area contributed by atoms with Gasteiger partial charge in [0, 0.05) is 23.3 Å². The van der Waals surface area contributed by atoms with Gasteiger partial charge >= 0.3 is 0 Å². The second kappa shape index (κ2) is 5.51. The topological polar surface area (TPSA) is 65.1 Å². The SMILES string of the molecule is Cc1ccc(C(=O)c2ccc(CC(N)=O)n2C)cc1Cl. The molecule has 0 aliphatic carbocycles. The summed E-state index contributed by atoms with van der Waals surface area (Å²) in [5.41, 5.74) is 7.82. The molecule has 0 saturated heterocycles. The highest BCUT2D eigenvalue weighted by Crippen LogP contribution is 2.20. The average molecular weight is 291 g/mol. The Kier molecular flexibility index (Phi) is 3.95. The van der Waals surface area contributed by atoms with Gasteiger partial charge in [0.1, 0.15) is 0 Å². The van der Waals surface area contributed by atoms with Crippen LogP contribution in [-0.4, -0.2) is 16.3 Å². The zero-order valence-corrected chi connectivity index (χ0v) is 12.1. The normalized spacial score (nSPS) is 10.6. The quantitative estimate of drug-likeness (QED) is 0.878. The second-order valence-corrected chi connectivity index (χ2v) is 5.11. The van der Waals surface area contributed by atoms with Gasteiger partial charge in [0.25, 0.3) is 0 Å². The molecule has 0 unspecified atom stereocenters. The number of hydrogen-bond acceptors (Lipinski definition) is 2. The number of aromatic nitrogens is 1. The van der Waals surface area contributed by atoms with Crippen molar-refractivity contribution in [3.63, 3.8) is 0 Å². The molecule has 1 heterocycles. The predicted octanol–water partition coefficient (Wildman–Crippen LogP) is 2.25. The van der Waals surface area contributed by atoms with E-state index in [0.717, 1.165) is 5.56 Å². The van der Waals surface area contributed by atoms with Gasteiger partial charge in [-0.05, 0) is 30.7 Å². The summed E-state index contributed by atoms with van der Waals surface area (Å²) in [4.78, 5) is 23.4. The van der Waals surface area contributed by atoms with Crippen LogP contribution in [0.1, 0.15) is 27.3 Å². The number of hydrogen-bond donors (Lipinski definition) is 1. The first-order chi connectivity index (χ1) is 9.40. The van der Waals surface area contributed by atoms with Crippen molar-refractivity contribution in [1.29, 1.82) is 0 Å². The molecule has 20 heavy (non-hydrogen) atoms. The molecule has 2 N–H and O–H groups in total. The van der Waals surface area contributed by atoms with Crippen LogP contribution in [0.25, 0.3) is 0 Å². The fourth-order valence-corrected chi connectivity index (χ4v) is 2.20. The molecule has 4 nitrogen and oxygen atoms in total. The van der Waals surface area contributed by atoms with Crippen LogP contribution in [0.5, 0.6) is 0 Å². The number of primary amides is 1. The van der Waals surface area contributed by atoms with Gasteiger partial charge in [-0.25, -0.2) is 0 Å². The summed E-state index contributed by atoms with van der Waals surface area (Å²) in [5, 5.41) is 0.558. The Morgan fingerprint density at radius 1 is 1.25 bits per heavy atom. The molecule has 0 fully saturated rings. The highest BCUT2D eigenvalue weighted by Gasteiger charge is 2.16. The van der Waals surface area contributed by atoms with Crippen molar-refractivity contribution in [3.05, 3.63) is 57.9 Å². The van der Waals surface area contributed by atoms with Crippen molar-refractivity contribution in [3.8, 4) is 0 Å². The van der Waals surface area contributed by atoms with Crippen LogP contribution in [0.4, 0.5) is 0 Å². The third kappa shape index (κ3) is 2.75. The van der Waals surface area contributed by atoms with Crippen molar-refractivity contribution in [2.24, 2.45) is 12.8 Å². The standard InChI is InChI=1S/C15H15ClN2O2/c1-9-3-4-10(7-12(9)16)15(20)13-6-5-11(18(13)2)8-14(17)19/h3-7H,8H2,1-2H3,(H2,17,19). The van der Waals surface area contributed by atoms with Gasteiger partial charge in [0.15, 0.2) is 0 Å². The predicted molar refractivity (Wildman–Crippen MR) is 77.9 cm³/mol. The molecule has 1 amide bonds. The fraction of sp³-hybridized carbons (Fsp3) is 0.200. The van der Waals surface area contributed by atoms with E-state index in [1.54, 1.807) is 35.9 Å². The number of carbonyl (C=O) groups is 2. The number of halogens is 1. The highest BCUT2D eigenvalue weighted by molar-refractivity contribution is 6.31. The molecule has 1 aromatic carbocycles. The lowest BCUT2D eigenvalue weighted by atomic mass is 10.1. The lowest BCUT2D eigenvalue weighted by Crippen LogP contribution is -2.17. The molecular formula is C15H15ClN2O2. The Morgan fingerprint density at radius 3 is 2.55 bits per heavy atom. The van der Waals surface area contributed by atoms with Crippen molar-refractivity contribution >= 4 is 23.3 Å². The van der Waals surface area contributed by atoms with E-state index >= 15 is 0 Å². The van der Waals surface area contributed by atoms with Crippen LogP contribution in [0.3, 0.4) is 0 Å². The summed E-state index contributed by atoms with van der Waals surface area (Å²) in [5.74, 6) is -0.561. The van der Waals surface area contributed by atoms with Crippen LogP contribution in [0, 0.1) is 6.92 Å². The van der Waals surface area contributed by atoms with Crippen molar-refractivity contribution in [1.82, 2.24) is 4.57 Å². The fourth-order valence-electron chi connectivity index (χ4n) is 2.02. The molecule has 0 aliphatic rings. The lowest BCUT2D eigenvalue weighted by Gasteiger charge is -2.07. The highest BCUT2D eigenvalue weighted by atomic mass is 35.5. The Labute approximate surface area is 122 Å². The Bertz CT molecular complexity index is 689. The molecule has 2 rings (SSSR count). The Morgan fingerprint density at radius 2 is 1.95 bits per heavy atom. The maximum absolute atomic E-state index is 12.4. The molecule has 1 aromatic heterocycles. The van der Waals surface area contributed by atoms with Crippen LogP contribution in [0.15, 0.2) is 30.3 Å². The monoisotopic (exact) mass is 290 g/mol. The first-order valence-electron chi connectivity index (χ1n) is 6.14. The first-order valence-corrected chi connectivity index (χ1v) is 6.51. The summed E-state index contributed by atoms with van der Waals surface area (Å²) in [6, 6.07) is 8.62. The van der Waals surface area contributed by atoms with Gasteiger partial charge < -0.3 is 10.3 Å². The van der Waals surface area contributed by atoms with Crippen molar-refractivity contribution in [2.45, 2.75) is 13.3 Å². The Hall–Kier alpha value is -2.07. The minimum absolute atomic E-state index is 0.110. The smallest absolute Gasteiger partial charge is 0.223 e. The Balaban J connectivity index is 2.36. The van der Waals surface area contributed by atoms with Crippen LogP contribution in [-0.2, 0) is 18.3 Å². The number of rotatable bonds is 4. The lowest BCUT2D eigenvalue weighted by molar-refractivity contribution is -0.117. The molecule has 5 heteroatoms. The van der Waals surface area contributed by atoms with Crippen molar-refractivity contribution < 1.29 is 9.59 Å². The van der Waals surface area contributed by atoms with Gasteiger partial charge in [-0.2, -0.15) is 0 Å². The maximum Gasteiger partial charge on any atom is 0.223 e. The maximum atomic E-state index is 12.4.